The highest BCUT2D eigenvalue weighted by atomic mass is 32.2. The van der Waals surface area contributed by atoms with Crippen molar-refractivity contribution in [2.45, 2.75) is 26.3 Å². The first-order valence-electron chi connectivity index (χ1n) is 6.66. The van der Waals surface area contributed by atoms with Gasteiger partial charge in [-0.2, -0.15) is 4.31 Å². The van der Waals surface area contributed by atoms with E-state index in [1.54, 1.807) is 6.92 Å². The summed E-state index contributed by atoms with van der Waals surface area (Å²) in [6.07, 6.45) is 0. The summed E-state index contributed by atoms with van der Waals surface area (Å²) in [6, 6.07) is 0. The molecule has 2 saturated heterocycles. The van der Waals surface area contributed by atoms with Gasteiger partial charge in [-0.25, -0.2) is 8.42 Å². The molecule has 0 aliphatic carbocycles. The standard InChI is InChI=1S/C12H22N2O4S/c1-4-18-11(15)8-19(16,17)14-7-9-5-13-6-10(9)12(14,2)3/h9-10,13H,4-8H2,1-3H3. The lowest BCUT2D eigenvalue weighted by molar-refractivity contribution is -0.140. The highest BCUT2D eigenvalue weighted by Crippen LogP contribution is 2.42. The van der Waals surface area contributed by atoms with E-state index in [1.807, 2.05) is 13.8 Å². The predicted molar refractivity (Wildman–Crippen MR) is 71.1 cm³/mol. The first-order valence-corrected chi connectivity index (χ1v) is 8.27. The van der Waals surface area contributed by atoms with Crippen LogP contribution in [0.5, 0.6) is 0 Å². The maximum Gasteiger partial charge on any atom is 0.322 e. The Balaban J connectivity index is 2.15. The number of hydrogen-bond donors (Lipinski definition) is 1. The van der Waals surface area contributed by atoms with Gasteiger partial charge in [-0.15, -0.1) is 0 Å². The van der Waals surface area contributed by atoms with Crippen LogP contribution in [0.1, 0.15) is 20.8 Å². The molecule has 2 fully saturated rings. The molecule has 2 atom stereocenters. The molecule has 0 aromatic heterocycles. The first-order chi connectivity index (χ1) is 8.79. The average Bonchev–Trinajstić information content (AvgIpc) is 2.81. The van der Waals surface area contributed by atoms with E-state index in [4.69, 9.17) is 4.74 Å². The number of nitrogens with one attached hydrogen (secondary N) is 1. The second-order valence-corrected chi connectivity index (χ2v) is 7.66. The molecule has 6 nitrogen and oxygen atoms in total. The Morgan fingerprint density at radius 1 is 1.42 bits per heavy atom. The van der Waals surface area contributed by atoms with Crippen LogP contribution in [-0.4, -0.2) is 56.2 Å². The molecule has 110 valence electrons. The molecule has 2 aliphatic rings. The van der Waals surface area contributed by atoms with Gasteiger partial charge in [-0.3, -0.25) is 4.79 Å². The van der Waals surface area contributed by atoms with Gasteiger partial charge in [0.25, 0.3) is 0 Å². The molecule has 19 heavy (non-hydrogen) atoms. The van der Waals surface area contributed by atoms with E-state index in [0.29, 0.717) is 18.4 Å². The number of sulfonamides is 1. The maximum absolute atomic E-state index is 12.4. The molecule has 0 radical (unpaired) electrons. The second kappa shape index (κ2) is 5.03. The van der Waals surface area contributed by atoms with Crippen molar-refractivity contribution >= 4 is 16.0 Å². The summed E-state index contributed by atoms with van der Waals surface area (Å²) < 4.78 is 31.0. The number of esters is 1. The summed E-state index contributed by atoms with van der Waals surface area (Å²) in [5.41, 5.74) is -0.445. The minimum atomic E-state index is -3.60. The fourth-order valence-corrected chi connectivity index (χ4v) is 5.09. The molecule has 0 spiro atoms. The van der Waals surface area contributed by atoms with Crippen molar-refractivity contribution in [1.29, 1.82) is 0 Å². The summed E-state index contributed by atoms with van der Waals surface area (Å²) >= 11 is 0. The number of carbonyl (C=O) groups excluding carboxylic acids is 1. The van der Waals surface area contributed by atoms with Crippen LogP contribution in [0.3, 0.4) is 0 Å². The lowest BCUT2D eigenvalue weighted by Crippen LogP contribution is -2.49. The average molecular weight is 290 g/mol. The molecule has 2 aliphatic heterocycles. The van der Waals surface area contributed by atoms with E-state index < -0.39 is 27.3 Å². The van der Waals surface area contributed by atoms with Crippen molar-refractivity contribution in [3.8, 4) is 0 Å². The zero-order valence-electron chi connectivity index (χ0n) is 11.7. The van der Waals surface area contributed by atoms with E-state index in [9.17, 15) is 13.2 Å². The van der Waals surface area contributed by atoms with Gasteiger partial charge in [-0.05, 0) is 39.2 Å². The Hall–Kier alpha value is -0.660. The van der Waals surface area contributed by atoms with Gasteiger partial charge >= 0.3 is 5.97 Å². The molecule has 0 bridgehead atoms. The summed E-state index contributed by atoms with van der Waals surface area (Å²) in [5.74, 6) is -0.582. The highest BCUT2D eigenvalue weighted by Gasteiger charge is 2.53. The molecular weight excluding hydrogens is 268 g/mol. The fourth-order valence-electron chi connectivity index (χ4n) is 3.29. The molecular formula is C12H22N2O4S. The monoisotopic (exact) mass is 290 g/mol. The number of ether oxygens (including phenoxy) is 1. The lowest BCUT2D eigenvalue weighted by atomic mass is 9.85. The van der Waals surface area contributed by atoms with Crippen LogP contribution in [0.4, 0.5) is 0 Å². The van der Waals surface area contributed by atoms with E-state index in [2.05, 4.69) is 5.32 Å². The molecule has 2 rings (SSSR count). The van der Waals surface area contributed by atoms with E-state index in [0.717, 1.165) is 13.1 Å². The van der Waals surface area contributed by atoms with Crippen molar-refractivity contribution in [3.63, 3.8) is 0 Å². The van der Waals surface area contributed by atoms with Gasteiger partial charge in [0, 0.05) is 18.6 Å². The highest BCUT2D eigenvalue weighted by molar-refractivity contribution is 7.89. The third kappa shape index (κ3) is 2.64. The zero-order chi connectivity index (χ0) is 14.3. The van der Waals surface area contributed by atoms with Gasteiger partial charge in [0.05, 0.1) is 6.61 Å². The number of nitrogens with zero attached hydrogens (tertiary/aromatic N) is 1. The number of rotatable bonds is 4. The second-order valence-electron chi connectivity index (χ2n) is 5.77. The molecule has 0 saturated carbocycles. The quantitative estimate of drug-likeness (QED) is 0.726. The van der Waals surface area contributed by atoms with Crippen molar-refractivity contribution in [2.24, 2.45) is 11.8 Å². The molecule has 1 N–H and O–H groups in total. The number of fused-ring (bicyclic) bond motifs is 1. The minimum Gasteiger partial charge on any atom is -0.465 e. The van der Waals surface area contributed by atoms with Gasteiger partial charge < -0.3 is 10.1 Å². The Morgan fingerprint density at radius 2 is 2.11 bits per heavy atom. The summed E-state index contributed by atoms with van der Waals surface area (Å²) in [5, 5.41) is 3.30. The van der Waals surface area contributed by atoms with E-state index >= 15 is 0 Å². The Labute approximate surface area is 114 Å². The van der Waals surface area contributed by atoms with Crippen LogP contribution in [0.2, 0.25) is 0 Å². The summed E-state index contributed by atoms with van der Waals surface area (Å²) in [6.45, 7) is 7.92. The zero-order valence-corrected chi connectivity index (χ0v) is 12.5. The largest absolute Gasteiger partial charge is 0.465 e. The first kappa shape index (κ1) is 14.7. The van der Waals surface area contributed by atoms with Gasteiger partial charge in [0.1, 0.15) is 0 Å². The summed E-state index contributed by atoms with van der Waals surface area (Å²) in [7, 11) is -3.60. The molecule has 7 heteroatoms. The molecule has 0 aromatic carbocycles. The van der Waals surface area contributed by atoms with Gasteiger partial charge in [0.15, 0.2) is 5.75 Å². The van der Waals surface area contributed by atoms with Crippen LogP contribution in [0, 0.1) is 11.8 Å². The normalized spacial score (nSPS) is 30.3. The van der Waals surface area contributed by atoms with Crippen molar-refractivity contribution in [3.05, 3.63) is 0 Å². The van der Waals surface area contributed by atoms with E-state index in [1.165, 1.54) is 4.31 Å². The number of hydrogen-bond acceptors (Lipinski definition) is 5. The molecule has 0 amide bonds. The Kier molecular flexibility index (Phi) is 3.90. The van der Waals surface area contributed by atoms with Crippen molar-refractivity contribution in [2.75, 3.05) is 32.0 Å². The third-order valence-corrected chi connectivity index (χ3v) is 6.12. The van der Waals surface area contributed by atoms with Crippen LogP contribution >= 0.6 is 0 Å². The lowest BCUT2D eigenvalue weighted by Gasteiger charge is -2.34. The minimum absolute atomic E-state index is 0.201. The van der Waals surface area contributed by atoms with Gasteiger partial charge in [-0.1, -0.05) is 0 Å². The summed E-state index contributed by atoms with van der Waals surface area (Å²) in [4.78, 5) is 11.4. The van der Waals surface area contributed by atoms with Crippen molar-refractivity contribution in [1.82, 2.24) is 9.62 Å². The third-order valence-electron chi connectivity index (χ3n) is 4.23. The van der Waals surface area contributed by atoms with Gasteiger partial charge in [0.2, 0.25) is 10.0 Å². The van der Waals surface area contributed by atoms with Crippen LogP contribution < -0.4 is 5.32 Å². The molecule has 2 heterocycles. The van der Waals surface area contributed by atoms with Crippen LogP contribution in [0.15, 0.2) is 0 Å². The molecule has 2 unspecified atom stereocenters. The van der Waals surface area contributed by atoms with Crippen LogP contribution in [-0.2, 0) is 19.6 Å². The Bertz CT molecular complexity index is 460. The SMILES string of the molecule is CCOC(=O)CS(=O)(=O)N1CC2CNCC2C1(C)C. The van der Waals surface area contributed by atoms with Crippen LogP contribution in [0.25, 0.3) is 0 Å². The molecule has 0 aromatic rings. The van der Waals surface area contributed by atoms with E-state index in [-0.39, 0.29) is 6.61 Å². The fraction of sp³-hybridized carbons (Fsp3) is 0.917. The maximum atomic E-state index is 12.4. The van der Waals surface area contributed by atoms with Crippen molar-refractivity contribution < 1.29 is 17.9 Å². The topological polar surface area (TPSA) is 75.7 Å². The number of carbonyl (C=O) groups is 1. The predicted octanol–water partition coefficient (Wildman–Crippen LogP) is -0.191. The smallest absolute Gasteiger partial charge is 0.322 e. The Morgan fingerprint density at radius 3 is 2.68 bits per heavy atom.